The molecule has 0 fully saturated rings. The molecule has 0 aromatic rings. The number of hydrogen-bond donors (Lipinski definition) is 8. The normalized spacial score (nSPS) is 12.8. The van der Waals surface area contributed by atoms with Gasteiger partial charge in [0.15, 0.2) is 0 Å². The summed E-state index contributed by atoms with van der Waals surface area (Å²) in [4.78, 5) is 43.1. The van der Waals surface area contributed by atoms with Crippen LogP contribution >= 0.6 is 15.6 Å². The van der Waals surface area contributed by atoms with E-state index in [2.05, 4.69) is 13.8 Å². The number of alkyl halides is 2. The van der Waals surface area contributed by atoms with Crippen LogP contribution in [-0.2, 0) is 9.13 Å². The van der Waals surface area contributed by atoms with Gasteiger partial charge in [0.05, 0.1) is 0 Å². The largest absolute Gasteiger partial charge is 0.466 e. The van der Waals surface area contributed by atoms with Crippen LogP contribution in [0.25, 0.3) is 0 Å². The minimum absolute atomic E-state index is 0. The zero-order valence-electron chi connectivity index (χ0n) is 31.4. The molecule has 0 radical (unpaired) electrons. The van der Waals surface area contributed by atoms with E-state index in [0.29, 0.717) is 6.42 Å². The van der Waals surface area contributed by atoms with Crippen molar-refractivity contribution in [2.24, 2.45) is 11.7 Å². The summed E-state index contributed by atoms with van der Waals surface area (Å²) in [6.07, 6.45) is 36.1. The molecule has 2 atom stereocenters. The molecule has 10 nitrogen and oxygen atoms in total. The summed E-state index contributed by atoms with van der Waals surface area (Å²) in [7, 11) is -9.28. The Labute approximate surface area is 299 Å². The van der Waals surface area contributed by atoms with Crippen LogP contribution in [0.5, 0.6) is 0 Å². The second-order valence-corrected chi connectivity index (χ2v) is 15.5. The SMILES string of the molecule is CCCCCCCCCCCCCCCCCCCCCC(N)C(CCCCCCCCCCC)C(F)F.N.O=P(O)(O)O.O=P(O)(O)O. The second kappa shape index (κ2) is 40.8. The standard InChI is InChI=1S/C35H71F2N.H3N.2H3O4P/c1-3-5-7-9-11-13-14-15-16-17-18-19-20-21-22-24-26-28-30-32-34(38)33(35(36)37)31-29-27-25-23-12-10-8-6-4-2;;2*1-5(2,3)4/h33-35H,3-32,38H2,1-2H3;1H3;2*(H3,1,2,3,4). The molecule has 0 aromatic heterocycles. The topological polar surface area (TPSA) is 217 Å². The van der Waals surface area contributed by atoms with E-state index in [1.165, 1.54) is 154 Å². The maximum atomic E-state index is 13.6. The van der Waals surface area contributed by atoms with Gasteiger partial charge in [0.25, 0.3) is 0 Å². The quantitative estimate of drug-likeness (QED) is 0.0240. The minimum atomic E-state index is -4.64. The van der Waals surface area contributed by atoms with Crippen molar-refractivity contribution in [3.8, 4) is 0 Å². The second-order valence-electron chi connectivity index (χ2n) is 13.5. The van der Waals surface area contributed by atoms with E-state index < -0.39 is 28.0 Å². The third kappa shape index (κ3) is 63.5. The fraction of sp³-hybridized carbons (Fsp3) is 1.00. The molecular formula is C35H80F2N2O8P2. The lowest BCUT2D eigenvalue weighted by Crippen LogP contribution is -2.34. The summed E-state index contributed by atoms with van der Waals surface area (Å²) in [6, 6.07) is -0.324. The highest BCUT2D eigenvalue weighted by Crippen LogP contribution is 2.27. The van der Waals surface area contributed by atoms with Gasteiger partial charge in [-0.05, 0) is 12.8 Å². The number of rotatable bonds is 32. The number of nitrogens with two attached hydrogens (primary N) is 1. The molecular weight excluding hydrogens is 676 g/mol. The van der Waals surface area contributed by atoms with Crippen molar-refractivity contribution < 1.29 is 47.3 Å². The zero-order valence-corrected chi connectivity index (χ0v) is 33.2. The molecule has 0 saturated carbocycles. The first kappa shape index (κ1) is 55.8. The van der Waals surface area contributed by atoms with E-state index in [4.69, 9.17) is 44.2 Å². The van der Waals surface area contributed by atoms with Crippen LogP contribution in [0.4, 0.5) is 8.78 Å². The number of unbranched alkanes of at least 4 members (excludes halogenated alkanes) is 26. The molecule has 0 aromatic carbocycles. The van der Waals surface area contributed by atoms with E-state index in [-0.39, 0.29) is 12.2 Å². The van der Waals surface area contributed by atoms with Crippen molar-refractivity contribution in [3.63, 3.8) is 0 Å². The molecule has 2 unspecified atom stereocenters. The summed E-state index contributed by atoms with van der Waals surface area (Å²) in [5.74, 6) is -0.602. The summed E-state index contributed by atoms with van der Waals surface area (Å²) in [6.45, 7) is 4.53. The summed E-state index contributed by atoms with van der Waals surface area (Å²) >= 11 is 0. The van der Waals surface area contributed by atoms with Gasteiger partial charge in [0.2, 0.25) is 6.43 Å². The van der Waals surface area contributed by atoms with Crippen LogP contribution in [-0.4, -0.2) is 41.8 Å². The molecule has 0 spiro atoms. The van der Waals surface area contributed by atoms with Crippen molar-refractivity contribution in [3.05, 3.63) is 0 Å². The van der Waals surface area contributed by atoms with Crippen LogP contribution in [0.3, 0.4) is 0 Å². The maximum absolute atomic E-state index is 13.6. The van der Waals surface area contributed by atoms with Crippen LogP contribution in [0, 0.1) is 5.92 Å². The lowest BCUT2D eigenvalue weighted by atomic mass is 9.90. The Morgan fingerprint density at radius 2 is 0.612 bits per heavy atom. The Morgan fingerprint density at radius 3 is 0.816 bits per heavy atom. The van der Waals surface area contributed by atoms with E-state index in [0.717, 1.165) is 32.1 Å². The maximum Gasteiger partial charge on any atom is 0.466 e. The smallest absolute Gasteiger partial charge is 0.344 e. The fourth-order valence-electron chi connectivity index (χ4n) is 5.89. The summed E-state index contributed by atoms with van der Waals surface area (Å²) in [5, 5.41) is 0. The van der Waals surface area contributed by atoms with Gasteiger partial charge in [0, 0.05) is 12.0 Å². The van der Waals surface area contributed by atoms with Crippen LogP contribution < -0.4 is 11.9 Å². The van der Waals surface area contributed by atoms with Gasteiger partial charge in [-0.25, -0.2) is 17.9 Å². The molecule has 49 heavy (non-hydrogen) atoms. The zero-order chi connectivity index (χ0) is 36.9. The van der Waals surface area contributed by atoms with Gasteiger partial charge < -0.3 is 41.2 Å². The Bertz CT molecular complexity index is 697. The van der Waals surface area contributed by atoms with Crippen molar-refractivity contribution >= 4 is 15.6 Å². The highest BCUT2D eigenvalue weighted by Gasteiger charge is 2.26. The van der Waals surface area contributed by atoms with Gasteiger partial charge in [-0.15, -0.1) is 0 Å². The predicted octanol–water partition coefficient (Wildman–Crippen LogP) is 11.2. The third-order valence-electron chi connectivity index (χ3n) is 8.66. The first-order valence-corrected chi connectivity index (χ1v) is 22.4. The van der Waals surface area contributed by atoms with Crippen molar-refractivity contribution in [2.75, 3.05) is 0 Å². The van der Waals surface area contributed by atoms with Crippen LogP contribution in [0.15, 0.2) is 0 Å². The first-order chi connectivity index (χ1) is 22.6. The van der Waals surface area contributed by atoms with Crippen LogP contribution in [0.2, 0.25) is 0 Å². The molecule has 0 aliphatic carbocycles. The average molecular weight is 757 g/mol. The molecule has 0 aliphatic heterocycles. The number of hydrogen-bond acceptors (Lipinski definition) is 4. The van der Waals surface area contributed by atoms with Gasteiger partial charge in [0.1, 0.15) is 0 Å². The molecule has 0 saturated heterocycles. The van der Waals surface area contributed by atoms with Crippen molar-refractivity contribution in [2.45, 2.75) is 219 Å². The highest BCUT2D eigenvalue weighted by atomic mass is 31.2. The monoisotopic (exact) mass is 757 g/mol. The molecule has 0 bridgehead atoms. The van der Waals surface area contributed by atoms with Gasteiger partial charge in [-0.2, -0.15) is 0 Å². The average Bonchev–Trinajstić information content (AvgIpc) is 2.97. The van der Waals surface area contributed by atoms with Crippen molar-refractivity contribution in [1.82, 2.24) is 6.15 Å². The number of halogens is 2. The Morgan fingerprint density at radius 1 is 0.429 bits per heavy atom. The first-order valence-electron chi connectivity index (χ1n) is 19.2. The van der Waals surface area contributed by atoms with E-state index in [1.54, 1.807) is 0 Å². The Hall–Kier alpha value is -0.0000000000000000694. The predicted molar refractivity (Wildman–Crippen MR) is 201 cm³/mol. The molecule has 0 aliphatic rings. The number of phosphoric acid groups is 2. The Balaban J connectivity index is -0.000000798. The Kier molecular flexibility index (Phi) is 46.4. The molecule has 302 valence electrons. The lowest BCUT2D eigenvalue weighted by Gasteiger charge is -2.23. The molecule has 11 N–H and O–H groups in total. The summed E-state index contributed by atoms with van der Waals surface area (Å²) in [5.41, 5.74) is 6.22. The van der Waals surface area contributed by atoms with E-state index in [1.807, 2.05) is 0 Å². The molecule has 0 amide bonds. The van der Waals surface area contributed by atoms with E-state index >= 15 is 0 Å². The van der Waals surface area contributed by atoms with Crippen LogP contribution in [0.1, 0.15) is 206 Å². The molecule has 14 heteroatoms. The summed E-state index contributed by atoms with van der Waals surface area (Å²) < 4.78 is 44.9. The molecule has 0 heterocycles. The van der Waals surface area contributed by atoms with E-state index in [9.17, 15) is 8.78 Å². The minimum Gasteiger partial charge on any atom is -0.344 e. The molecule has 0 rings (SSSR count). The third-order valence-corrected chi connectivity index (χ3v) is 8.66. The van der Waals surface area contributed by atoms with Gasteiger partial charge in [-0.1, -0.05) is 194 Å². The lowest BCUT2D eigenvalue weighted by molar-refractivity contribution is 0.0541. The van der Waals surface area contributed by atoms with Gasteiger partial charge in [-0.3, -0.25) is 0 Å². The fourth-order valence-corrected chi connectivity index (χ4v) is 5.89. The van der Waals surface area contributed by atoms with Gasteiger partial charge >= 0.3 is 15.6 Å². The highest BCUT2D eigenvalue weighted by molar-refractivity contribution is 7.45. The van der Waals surface area contributed by atoms with Crippen molar-refractivity contribution in [1.29, 1.82) is 0 Å².